The highest BCUT2D eigenvalue weighted by Gasteiger charge is 2.39. The van der Waals surface area contributed by atoms with Crippen molar-refractivity contribution in [3.05, 3.63) is 0 Å². The van der Waals surface area contributed by atoms with Crippen LogP contribution < -0.4 is 5.32 Å². The molecule has 2 rings (SSSR count). The van der Waals surface area contributed by atoms with E-state index in [1.807, 2.05) is 0 Å². The second-order valence-corrected chi connectivity index (χ2v) is 8.06. The quantitative estimate of drug-likeness (QED) is 0.505. The lowest BCUT2D eigenvalue weighted by Gasteiger charge is -2.45. The summed E-state index contributed by atoms with van der Waals surface area (Å²) in [6, 6.07) is 1.20. The van der Waals surface area contributed by atoms with Crippen molar-refractivity contribution in [1.29, 1.82) is 0 Å². The smallest absolute Gasteiger partial charge is 0.0677 e. The molecule has 0 aromatic rings. The Morgan fingerprint density at radius 3 is 1.86 bits per heavy atom. The first-order valence-corrected chi connectivity index (χ1v) is 10.2. The predicted octanol–water partition coefficient (Wildman–Crippen LogP) is 5.33. The topological polar surface area (TPSA) is 32.3 Å². The molecule has 2 fully saturated rings. The molecule has 2 atom stereocenters. The van der Waals surface area contributed by atoms with Crippen LogP contribution in [0, 0.1) is 0 Å². The van der Waals surface area contributed by atoms with Gasteiger partial charge in [0.2, 0.25) is 0 Å². The number of piperidine rings is 2. The number of hydrogen-bond donors (Lipinski definition) is 2. The first-order chi connectivity index (χ1) is 10.7. The molecule has 2 nitrogen and oxygen atoms in total. The molecule has 2 unspecified atom stereocenters. The lowest BCUT2D eigenvalue weighted by atomic mass is 9.75. The van der Waals surface area contributed by atoms with Crippen LogP contribution in [0.1, 0.15) is 110 Å². The van der Waals surface area contributed by atoms with Gasteiger partial charge >= 0.3 is 0 Å². The van der Waals surface area contributed by atoms with Gasteiger partial charge in [-0.2, -0.15) is 0 Å². The summed E-state index contributed by atoms with van der Waals surface area (Å²) in [6.45, 7) is 2.28. The third-order valence-electron chi connectivity index (χ3n) is 5.82. The van der Waals surface area contributed by atoms with Gasteiger partial charge in [-0.05, 0) is 32.1 Å². The zero-order valence-electron chi connectivity index (χ0n) is 14.9. The number of fused-ring (bicyclic) bond motifs is 2. The Labute approximate surface area is 138 Å². The fourth-order valence-electron chi connectivity index (χ4n) is 4.58. The molecule has 2 saturated heterocycles. The van der Waals surface area contributed by atoms with Gasteiger partial charge in [0.1, 0.15) is 0 Å². The third-order valence-corrected chi connectivity index (χ3v) is 5.82. The summed E-state index contributed by atoms with van der Waals surface area (Å²) < 4.78 is 0. The van der Waals surface area contributed by atoms with E-state index in [1.165, 1.54) is 83.5 Å². The van der Waals surface area contributed by atoms with Gasteiger partial charge in [0.25, 0.3) is 0 Å². The number of aliphatic hydroxyl groups is 1. The van der Waals surface area contributed by atoms with E-state index in [2.05, 4.69) is 12.2 Å². The minimum atomic E-state index is -0.346. The first-order valence-electron chi connectivity index (χ1n) is 10.2. The van der Waals surface area contributed by atoms with Gasteiger partial charge in [-0.3, -0.25) is 0 Å². The average Bonchev–Trinajstić information content (AvgIpc) is 2.48. The maximum absolute atomic E-state index is 10.9. The molecule has 2 bridgehead atoms. The monoisotopic (exact) mass is 309 g/mol. The van der Waals surface area contributed by atoms with Crippen molar-refractivity contribution >= 4 is 0 Å². The molecule has 0 spiro atoms. The summed E-state index contributed by atoms with van der Waals surface area (Å²) in [5.41, 5.74) is -0.346. The summed E-state index contributed by atoms with van der Waals surface area (Å²) in [6.07, 6.45) is 20.7. The third kappa shape index (κ3) is 6.58. The Hall–Kier alpha value is -0.0800. The maximum Gasteiger partial charge on any atom is 0.0677 e. The van der Waals surface area contributed by atoms with Crippen LogP contribution in [0.4, 0.5) is 0 Å². The van der Waals surface area contributed by atoms with E-state index in [0.717, 1.165) is 19.3 Å². The van der Waals surface area contributed by atoms with Crippen molar-refractivity contribution in [2.75, 3.05) is 0 Å². The highest BCUT2D eigenvalue weighted by molar-refractivity contribution is 4.97. The van der Waals surface area contributed by atoms with E-state index < -0.39 is 0 Å². The SMILES string of the molecule is CCCCCCCCCCCCC1(O)CC2CCCC(C1)N2. The molecule has 2 aliphatic heterocycles. The zero-order valence-corrected chi connectivity index (χ0v) is 14.9. The highest BCUT2D eigenvalue weighted by atomic mass is 16.3. The Balaban J connectivity index is 1.46. The Morgan fingerprint density at radius 1 is 0.818 bits per heavy atom. The van der Waals surface area contributed by atoms with Crippen LogP contribution in [0.15, 0.2) is 0 Å². The van der Waals surface area contributed by atoms with Gasteiger partial charge < -0.3 is 10.4 Å². The molecular formula is C20H39NO. The Bertz CT molecular complexity index is 279. The van der Waals surface area contributed by atoms with E-state index in [9.17, 15) is 5.11 Å². The van der Waals surface area contributed by atoms with E-state index in [1.54, 1.807) is 0 Å². The Morgan fingerprint density at radius 2 is 1.32 bits per heavy atom. The van der Waals surface area contributed by atoms with Crippen LogP contribution in [-0.4, -0.2) is 22.8 Å². The molecule has 2 heteroatoms. The molecule has 0 aromatic heterocycles. The summed E-state index contributed by atoms with van der Waals surface area (Å²) >= 11 is 0. The van der Waals surface area contributed by atoms with E-state index >= 15 is 0 Å². The molecule has 0 amide bonds. The molecule has 22 heavy (non-hydrogen) atoms. The van der Waals surface area contributed by atoms with Crippen LogP contribution in [0.25, 0.3) is 0 Å². The fourth-order valence-corrected chi connectivity index (χ4v) is 4.58. The summed E-state index contributed by atoms with van der Waals surface area (Å²) in [4.78, 5) is 0. The van der Waals surface area contributed by atoms with Crippen LogP contribution in [0.5, 0.6) is 0 Å². The van der Waals surface area contributed by atoms with Gasteiger partial charge in [-0.25, -0.2) is 0 Å². The lowest BCUT2D eigenvalue weighted by Crippen LogP contribution is -2.55. The van der Waals surface area contributed by atoms with Crippen molar-refractivity contribution in [2.24, 2.45) is 0 Å². The van der Waals surface area contributed by atoms with Crippen molar-refractivity contribution in [3.8, 4) is 0 Å². The molecule has 2 aliphatic rings. The summed E-state index contributed by atoms with van der Waals surface area (Å²) in [7, 11) is 0. The van der Waals surface area contributed by atoms with Crippen LogP contribution in [0.2, 0.25) is 0 Å². The number of unbranched alkanes of at least 4 members (excludes halogenated alkanes) is 9. The van der Waals surface area contributed by atoms with Crippen molar-refractivity contribution < 1.29 is 5.11 Å². The number of hydrogen-bond acceptors (Lipinski definition) is 2. The molecule has 130 valence electrons. The van der Waals surface area contributed by atoms with Gasteiger partial charge in [-0.1, -0.05) is 77.6 Å². The molecule has 2 N–H and O–H groups in total. The van der Waals surface area contributed by atoms with E-state index in [0.29, 0.717) is 12.1 Å². The second-order valence-electron chi connectivity index (χ2n) is 8.06. The van der Waals surface area contributed by atoms with Gasteiger partial charge in [0.05, 0.1) is 5.60 Å². The van der Waals surface area contributed by atoms with Gasteiger partial charge in [0.15, 0.2) is 0 Å². The van der Waals surface area contributed by atoms with Crippen molar-refractivity contribution in [2.45, 2.75) is 127 Å². The summed E-state index contributed by atoms with van der Waals surface area (Å²) in [5, 5.41) is 14.5. The highest BCUT2D eigenvalue weighted by Crippen LogP contribution is 2.35. The molecule has 0 saturated carbocycles. The zero-order chi connectivity index (χ0) is 15.7. The number of nitrogens with one attached hydrogen (secondary N) is 1. The van der Waals surface area contributed by atoms with Crippen LogP contribution >= 0.6 is 0 Å². The van der Waals surface area contributed by atoms with Gasteiger partial charge in [0, 0.05) is 12.1 Å². The number of rotatable bonds is 11. The van der Waals surface area contributed by atoms with Crippen LogP contribution in [-0.2, 0) is 0 Å². The molecule has 0 radical (unpaired) electrons. The van der Waals surface area contributed by atoms with E-state index in [-0.39, 0.29) is 5.60 Å². The largest absolute Gasteiger partial charge is 0.390 e. The first kappa shape index (κ1) is 18.3. The van der Waals surface area contributed by atoms with Crippen molar-refractivity contribution in [1.82, 2.24) is 5.32 Å². The molecule has 0 aliphatic carbocycles. The average molecular weight is 310 g/mol. The molecule has 2 heterocycles. The fraction of sp³-hybridized carbons (Fsp3) is 1.00. The normalized spacial score (nSPS) is 31.4. The maximum atomic E-state index is 10.9. The van der Waals surface area contributed by atoms with Crippen molar-refractivity contribution in [3.63, 3.8) is 0 Å². The lowest BCUT2D eigenvalue weighted by molar-refractivity contribution is -0.0387. The second kappa shape index (κ2) is 9.93. The van der Waals surface area contributed by atoms with Crippen LogP contribution in [0.3, 0.4) is 0 Å². The molecular weight excluding hydrogens is 270 g/mol. The minimum Gasteiger partial charge on any atom is -0.390 e. The standard InChI is InChI=1S/C20H39NO/c1-2-3-4-5-6-7-8-9-10-11-15-20(22)16-18-13-12-14-19(17-20)21-18/h18-19,21-22H,2-17H2,1H3. The van der Waals surface area contributed by atoms with E-state index in [4.69, 9.17) is 0 Å². The Kier molecular flexibility index (Phi) is 8.24. The van der Waals surface area contributed by atoms with Gasteiger partial charge in [-0.15, -0.1) is 0 Å². The minimum absolute atomic E-state index is 0.346. The molecule has 0 aromatic carbocycles. The summed E-state index contributed by atoms with van der Waals surface area (Å²) in [5.74, 6) is 0. The predicted molar refractivity (Wildman–Crippen MR) is 95.2 cm³/mol.